The molecule has 23 heavy (non-hydrogen) atoms. The van der Waals surface area contributed by atoms with Gasteiger partial charge in [0.05, 0.1) is 16.0 Å². The monoisotopic (exact) mass is 372 g/mol. The van der Waals surface area contributed by atoms with E-state index >= 15 is 0 Å². The average molecular weight is 373 g/mol. The van der Waals surface area contributed by atoms with Gasteiger partial charge in [-0.1, -0.05) is 40.8 Å². The fourth-order valence-corrected chi connectivity index (χ4v) is 3.64. The first-order chi connectivity index (χ1) is 11.0. The normalized spacial score (nSPS) is 11.8. The van der Waals surface area contributed by atoms with Crippen LogP contribution < -0.4 is 10.6 Å². The number of nitrogens with one attached hydrogen (secondary N) is 2. The number of amides is 1. The number of carbonyl (C=O) groups is 1. The smallest absolute Gasteiger partial charge is 0.237 e. The number of nitrogens with zero attached hydrogens (tertiary/aromatic N) is 2. The summed E-state index contributed by atoms with van der Waals surface area (Å²) in [5, 5.41) is 14.1. The minimum atomic E-state index is -0.455. The molecule has 1 amide bonds. The number of halogens is 2. The lowest BCUT2D eigenvalue weighted by molar-refractivity contribution is -0.115. The minimum Gasteiger partial charge on any atom is -0.357 e. The van der Waals surface area contributed by atoms with Crippen LogP contribution in [0, 0.1) is 5.82 Å². The van der Waals surface area contributed by atoms with Crippen LogP contribution in [0.25, 0.3) is 0 Å². The molecule has 2 N–H and O–H groups in total. The molecule has 1 aromatic carbocycles. The van der Waals surface area contributed by atoms with Crippen molar-refractivity contribution in [1.29, 1.82) is 0 Å². The highest BCUT2D eigenvalue weighted by Crippen LogP contribution is 2.30. The van der Waals surface area contributed by atoms with E-state index in [1.54, 1.807) is 13.0 Å². The van der Waals surface area contributed by atoms with Crippen molar-refractivity contribution in [3.8, 4) is 0 Å². The van der Waals surface area contributed by atoms with E-state index in [1.165, 1.54) is 35.2 Å². The predicted octanol–water partition coefficient (Wildman–Crippen LogP) is 4.05. The van der Waals surface area contributed by atoms with Crippen LogP contribution in [0.5, 0.6) is 0 Å². The highest BCUT2D eigenvalue weighted by Gasteiger charge is 2.18. The molecule has 1 atom stereocenters. The Morgan fingerprint density at radius 3 is 3.04 bits per heavy atom. The average Bonchev–Trinajstić information content (AvgIpc) is 2.95. The molecule has 0 spiro atoms. The second-order valence-corrected chi connectivity index (χ2v) is 7.39. The lowest BCUT2D eigenvalue weighted by Gasteiger charge is -2.11. The van der Waals surface area contributed by atoms with Crippen LogP contribution in [0.4, 0.5) is 15.2 Å². The van der Waals surface area contributed by atoms with E-state index in [1.807, 2.05) is 0 Å². The Balaban J connectivity index is 1.94. The first-order valence-electron chi connectivity index (χ1n) is 6.60. The van der Waals surface area contributed by atoms with E-state index < -0.39 is 11.1 Å². The van der Waals surface area contributed by atoms with Crippen molar-refractivity contribution in [3.05, 3.63) is 41.7 Å². The molecular weight excluding hydrogens is 359 g/mol. The largest absolute Gasteiger partial charge is 0.357 e. The van der Waals surface area contributed by atoms with Crippen molar-refractivity contribution >= 4 is 51.4 Å². The molecule has 0 saturated carbocycles. The third kappa shape index (κ3) is 5.19. The Morgan fingerprint density at radius 1 is 1.57 bits per heavy atom. The molecule has 1 heterocycles. The maximum absolute atomic E-state index is 13.0. The van der Waals surface area contributed by atoms with E-state index in [4.69, 9.17) is 11.6 Å². The molecule has 2 aromatic rings. The van der Waals surface area contributed by atoms with E-state index in [-0.39, 0.29) is 10.9 Å². The molecule has 0 aliphatic carbocycles. The van der Waals surface area contributed by atoms with Gasteiger partial charge in [0.15, 0.2) is 4.34 Å². The number of thioether (sulfide) groups is 1. The van der Waals surface area contributed by atoms with Crippen LogP contribution in [0.15, 0.2) is 35.2 Å². The molecule has 0 saturated heterocycles. The summed E-state index contributed by atoms with van der Waals surface area (Å²) >= 11 is 8.53. The third-order valence-corrected chi connectivity index (χ3v) is 5.02. The van der Waals surface area contributed by atoms with Crippen LogP contribution in [0.1, 0.15) is 6.92 Å². The zero-order chi connectivity index (χ0) is 16.8. The van der Waals surface area contributed by atoms with E-state index in [0.717, 1.165) is 6.07 Å². The maximum atomic E-state index is 13.0. The van der Waals surface area contributed by atoms with Crippen LogP contribution in [-0.4, -0.2) is 27.9 Å². The van der Waals surface area contributed by atoms with Crippen molar-refractivity contribution in [2.24, 2.45) is 0 Å². The summed E-state index contributed by atoms with van der Waals surface area (Å²) in [6, 6.07) is 3.81. The lowest BCUT2D eigenvalue weighted by Crippen LogP contribution is -2.22. The molecule has 9 heteroatoms. The number of hydrogen-bond acceptors (Lipinski definition) is 6. The Hall–Kier alpha value is -1.64. The van der Waals surface area contributed by atoms with E-state index in [2.05, 4.69) is 27.4 Å². The van der Waals surface area contributed by atoms with Gasteiger partial charge < -0.3 is 10.6 Å². The Labute approximate surface area is 146 Å². The van der Waals surface area contributed by atoms with Crippen molar-refractivity contribution < 1.29 is 9.18 Å². The van der Waals surface area contributed by atoms with Crippen molar-refractivity contribution in [2.75, 3.05) is 17.2 Å². The summed E-state index contributed by atoms with van der Waals surface area (Å²) < 4.78 is 13.7. The van der Waals surface area contributed by atoms with Crippen LogP contribution in [-0.2, 0) is 4.79 Å². The van der Waals surface area contributed by atoms with Gasteiger partial charge in [-0.15, -0.1) is 16.8 Å². The van der Waals surface area contributed by atoms with Gasteiger partial charge in [-0.05, 0) is 25.1 Å². The van der Waals surface area contributed by atoms with E-state index in [9.17, 15) is 9.18 Å². The molecule has 0 bridgehead atoms. The summed E-state index contributed by atoms with van der Waals surface area (Å²) in [4.78, 5) is 12.2. The predicted molar refractivity (Wildman–Crippen MR) is 94.0 cm³/mol. The first-order valence-corrected chi connectivity index (χ1v) is 8.68. The molecule has 2 rings (SSSR count). The highest BCUT2D eigenvalue weighted by atomic mass is 35.5. The van der Waals surface area contributed by atoms with Gasteiger partial charge >= 0.3 is 0 Å². The van der Waals surface area contributed by atoms with Gasteiger partial charge in [-0.3, -0.25) is 4.79 Å². The topological polar surface area (TPSA) is 66.9 Å². The first kappa shape index (κ1) is 17.7. The Morgan fingerprint density at radius 2 is 2.35 bits per heavy atom. The number of hydrogen-bond donors (Lipinski definition) is 2. The van der Waals surface area contributed by atoms with Crippen molar-refractivity contribution in [3.63, 3.8) is 0 Å². The summed E-state index contributed by atoms with van der Waals surface area (Å²) in [6.45, 7) is 5.95. The molecule has 0 fully saturated rings. The number of benzene rings is 1. The number of carbonyl (C=O) groups excluding carboxylic acids is 1. The minimum absolute atomic E-state index is 0.155. The number of aromatic nitrogens is 2. The molecular formula is C14H14ClFN4OS2. The van der Waals surface area contributed by atoms with Crippen LogP contribution in [0.3, 0.4) is 0 Å². The lowest BCUT2D eigenvalue weighted by atomic mass is 10.3. The van der Waals surface area contributed by atoms with Crippen LogP contribution in [0.2, 0.25) is 5.02 Å². The van der Waals surface area contributed by atoms with Crippen molar-refractivity contribution in [1.82, 2.24) is 10.2 Å². The second kappa shape index (κ2) is 8.28. The number of rotatable bonds is 7. The summed E-state index contributed by atoms with van der Waals surface area (Å²) in [7, 11) is 0. The van der Waals surface area contributed by atoms with Gasteiger partial charge in [-0.25, -0.2) is 4.39 Å². The molecule has 1 unspecified atom stereocenters. The standard InChI is InChI=1S/C14H14ClFN4OS2/c1-3-6-17-13-19-20-14(23-13)22-8(2)12(21)18-11-5-4-9(16)7-10(11)15/h3-5,7-8H,1,6H2,2H3,(H,17,19)(H,18,21). The number of anilines is 2. The quantitative estimate of drug-likeness (QED) is 0.567. The van der Waals surface area contributed by atoms with E-state index in [0.29, 0.717) is 21.7 Å². The van der Waals surface area contributed by atoms with Gasteiger partial charge in [0.2, 0.25) is 11.0 Å². The molecule has 0 aliphatic rings. The van der Waals surface area contributed by atoms with Gasteiger partial charge in [-0.2, -0.15) is 0 Å². The second-order valence-electron chi connectivity index (χ2n) is 4.42. The third-order valence-electron chi connectivity index (χ3n) is 2.64. The molecule has 122 valence electrons. The fraction of sp³-hybridized carbons (Fsp3) is 0.214. The zero-order valence-electron chi connectivity index (χ0n) is 12.2. The van der Waals surface area contributed by atoms with Gasteiger partial charge in [0.25, 0.3) is 0 Å². The summed E-state index contributed by atoms with van der Waals surface area (Å²) in [5.74, 6) is -0.705. The highest BCUT2D eigenvalue weighted by molar-refractivity contribution is 8.02. The van der Waals surface area contributed by atoms with Crippen molar-refractivity contribution in [2.45, 2.75) is 16.5 Å². The summed E-state index contributed by atoms with van der Waals surface area (Å²) in [6.07, 6.45) is 1.72. The molecule has 0 radical (unpaired) electrons. The van der Waals surface area contributed by atoms with Gasteiger partial charge in [0.1, 0.15) is 5.82 Å². The van der Waals surface area contributed by atoms with Crippen LogP contribution >= 0.6 is 34.7 Å². The molecule has 1 aromatic heterocycles. The SMILES string of the molecule is C=CCNc1nnc(SC(C)C(=O)Nc2ccc(F)cc2Cl)s1. The Kier molecular flexibility index (Phi) is 6.37. The fourth-order valence-electron chi connectivity index (χ4n) is 1.52. The zero-order valence-corrected chi connectivity index (χ0v) is 14.6. The maximum Gasteiger partial charge on any atom is 0.237 e. The Bertz CT molecular complexity index is 710. The molecule has 0 aliphatic heterocycles. The molecule has 5 nitrogen and oxygen atoms in total. The van der Waals surface area contributed by atoms with Gasteiger partial charge in [0, 0.05) is 6.54 Å². The summed E-state index contributed by atoms with van der Waals surface area (Å²) in [5.41, 5.74) is 0.371.